The molecule has 0 aliphatic heterocycles. The molecule has 5 nitrogen and oxygen atoms in total. The van der Waals surface area contributed by atoms with Crippen molar-refractivity contribution < 1.29 is 13.9 Å². The maximum Gasteiger partial charge on any atom is 0.251 e. The second-order valence-electron chi connectivity index (χ2n) is 6.64. The van der Waals surface area contributed by atoms with E-state index in [1.807, 2.05) is 24.3 Å². The summed E-state index contributed by atoms with van der Waals surface area (Å²) in [5.74, 6) is 0.239. The monoisotopic (exact) mass is 355 g/mol. The number of imidazole rings is 1. The Bertz CT molecular complexity index is 887. The van der Waals surface area contributed by atoms with Gasteiger partial charge in [0.2, 0.25) is 0 Å². The lowest BCUT2D eigenvalue weighted by Gasteiger charge is -2.19. The number of para-hydroxylation sites is 2. The largest absolute Gasteiger partial charge is 0.494 e. The number of fused-ring (bicyclic) bond motifs is 1. The number of H-pyrrole nitrogens is 1. The van der Waals surface area contributed by atoms with Crippen molar-refractivity contribution in [3.63, 3.8) is 0 Å². The maximum atomic E-state index is 13.9. The van der Waals surface area contributed by atoms with Gasteiger partial charge in [0.1, 0.15) is 5.82 Å². The molecule has 1 aromatic heterocycles. The molecule has 0 aliphatic carbocycles. The second kappa shape index (κ2) is 7.56. The van der Waals surface area contributed by atoms with Crippen LogP contribution in [0.1, 0.15) is 42.5 Å². The standard InChI is InChI=1S/C20H22FN3O2/c1-12(2)10-17(19-22-15-6-4-5-7-16(15)23-19)24-20(25)13-8-9-18(26-3)14(21)11-13/h4-9,11-12,17H,10H2,1-3H3,(H,22,23)(H,24,25). The number of amides is 1. The summed E-state index contributed by atoms with van der Waals surface area (Å²) in [6.07, 6.45) is 0.712. The number of methoxy groups -OCH3 is 1. The number of nitrogens with zero attached hydrogens (tertiary/aromatic N) is 1. The molecule has 0 aliphatic rings. The Hall–Kier alpha value is -2.89. The average molecular weight is 355 g/mol. The molecule has 0 fully saturated rings. The van der Waals surface area contributed by atoms with Crippen LogP contribution in [0.5, 0.6) is 5.75 Å². The van der Waals surface area contributed by atoms with Crippen LogP contribution < -0.4 is 10.1 Å². The topological polar surface area (TPSA) is 67.0 Å². The Balaban J connectivity index is 1.86. The van der Waals surface area contributed by atoms with Gasteiger partial charge in [-0.05, 0) is 42.7 Å². The van der Waals surface area contributed by atoms with Crippen LogP contribution >= 0.6 is 0 Å². The fourth-order valence-corrected chi connectivity index (χ4v) is 2.90. The number of carbonyl (C=O) groups is 1. The molecule has 3 rings (SSSR count). The van der Waals surface area contributed by atoms with Crippen LogP contribution in [-0.4, -0.2) is 23.0 Å². The molecule has 2 aromatic carbocycles. The zero-order valence-electron chi connectivity index (χ0n) is 15.0. The lowest BCUT2D eigenvalue weighted by molar-refractivity contribution is 0.0929. The average Bonchev–Trinajstić information content (AvgIpc) is 3.04. The number of benzene rings is 2. The fourth-order valence-electron chi connectivity index (χ4n) is 2.90. The van der Waals surface area contributed by atoms with Crippen molar-refractivity contribution in [2.45, 2.75) is 26.3 Å². The lowest BCUT2D eigenvalue weighted by Crippen LogP contribution is -2.30. The van der Waals surface area contributed by atoms with Crippen LogP contribution in [0.3, 0.4) is 0 Å². The quantitative estimate of drug-likeness (QED) is 0.695. The number of aromatic amines is 1. The van der Waals surface area contributed by atoms with Crippen LogP contribution in [0.4, 0.5) is 4.39 Å². The number of hydrogen-bond acceptors (Lipinski definition) is 3. The normalized spacial score (nSPS) is 12.3. The summed E-state index contributed by atoms with van der Waals surface area (Å²) in [4.78, 5) is 20.5. The van der Waals surface area contributed by atoms with Crippen molar-refractivity contribution in [3.05, 3.63) is 59.7 Å². The highest BCUT2D eigenvalue weighted by molar-refractivity contribution is 5.94. The molecule has 0 saturated carbocycles. The summed E-state index contributed by atoms with van der Waals surface area (Å²) in [6.45, 7) is 4.16. The zero-order valence-corrected chi connectivity index (χ0v) is 15.0. The van der Waals surface area contributed by atoms with Gasteiger partial charge in [-0.1, -0.05) is 26.0 Å². The Morgan fingerprint density at radius 2 is 2.04 bits per heavy atom. The number of ether oxygens (including phenoxy) is 1. The highest BCUT2D eigenvalue weighted by Gasteiger charge is 2.21. The molecule has 26 heavy (non-hydrogen) atoms. The summed E-state index contributed by atoms with van der Waals surface area (Å²) in [6, 6.07) is 11.6. The third kappa shape index (κ3) is 3.85. The predicted octanol–water partition coefficient (Wildman–Crippen LogP) is 4.23. The van der Waals surface area contributed by atoms with Crippen molar-refractivity contribution in [2.75, 3.05) is 7.11 Å². The molecule has 0 spiro atoms. The maximum absolute atomic E-state index is 13.9. The van der Waals surface area contributed by atoms with Gasteiger partial charge in [-0.15, -0.1) is 0 Å². The number of carbonyl (C=O) groups excluding carboxylic acids is 1. The molecule has 2 N–H and O–H groups in total. The van der Waals surface area contributed by atoms with E-state index in [9.17, 15) is 9.18 Å². The third-order valence-electron chi connectivity index (χ3n) is 4.16. The number of nitrogens with one attached hydrogen (secondary N) is 2. The third-order valence-corrected chi connectivity index (χ3v) is 4.16. The fraction of sp³-hybridized carbons (Fsp3) is 0.300. The van der Waals surface area contributed by atoms with Crippen molar-refractivity contribution >= 4 is 16.9 Å². The van der Waals surface area contributed by atoms with Crippen molar-refractivity contribution in [2.24, 2.45) is 5.92 Å². The number of rotatable bonds is 6. The second-order valence-corrected chi connectivity index (χ2v) is 6.64. The molecular formula is C20H22FN3O2. The van der Waals surface area contributed by atoms with Gasteiger partial charge in [0.25, 0.3) is 5.91 Å². The molecular weight excluding hydrogens is 333 g/mol. The molecule has 0 bridgehead atoms. The van der Waals surface area contributed by atoms with E-state index in [-0.39, 0.29) is 23.3 Å². The highest BCUT2D eigenvalue weighted by atomic mass is 19.1. The van der Waals surface area contributed by atoms with Gasteiger partial charge >= 0.3 is 0 Å². The molecule has 1 amide bonds. The van der Waals surface area contributed by atoms with Crippen LogP contribution in [0.15, 0.2) is 42.5 Å². The SMILES string of the molecule is COc1ccc(C(=O)NC(CC(C)C)c2nc3ccccc3[nH]2)cc1F. The van der Waals surface area contributed by atoms with E-state index in [1.165, 1.54) is 19.2 Å². The summed E-state index contributed by atoms with van der Waals surface area (Å²) < 4.78 is 18.8. The molecule has 6 heteroatoms. The molecule has 1 heterocycles. The van der Waals surface area contributed by atoms with E-state index < -0.39 is 5.82 Å². The van der Waals surface area contributed by atoms with E-state index in [1.54, 1.807) is 6.07 Å². The van der Waals surface area contributed by atoms with Gasteiger partial charge < -0.3 is 15.0 Å². The Labute approximate surface area is 151 Å². The Kier molecular flexibility index (Phi) is 5.21. The van der Waals surface area contributed by atoms with Gasteiger partial charge in [-0.3, -0.25) is 4.79 Å². The van der Waals surface area contributed by atoms with E-state index in [2.05, 4.69) is 29.1 Å². The van der Waals surface area contributed by atoms with E-state index in [4.69, 9.17) is 4.74 Å². The zero-order chi connectivity index (χ0) is 18.7. The predicted molar refractivity (Wildman–Crippen MR) is 98.7 cm³/mol. The van der Waals surface area contributed by atoms with Crippen LogP contribution in [0.25, 0.3) is 11.0 Å². The minimum Gasteiger partial charge on any atom is -0.494 e. The van der Waals surface area contributed by atoms with Crippen molar-refractivity contribution in [1.82, 2.24) is 15.3 Å². The first-order chi connectivity index (χ1) is 12.5. The summed E-state index contributed by atoms with van der Waals surface area (Å²) in [5, 5.41) is 2.97. The van der Waals surface area contributed by atoms with Crippen molar-refractivity contribution in [1.29, 1.82) is 0 Å². The Morgan fingerprint density at radius 1 is 1.27 bits per heavy atom. The molecule has 1 unspecified atom stereocenters. The molecule has 3 aromatic rings. The van der Waals surface area contributed by atoms with Crippen LogP contribution in [0.2, 0.25) is 0 Å². The number of halogens is 1. The molecule has 1 atom stereocenters. The highest BCUT2D eigenvalue weighted by Crippen LogP contribution is 2.23. The summed E-state index contributed by atoms with van der Waals surface area (Å²) >= 11 is 0. The van der Waals surface area contributed by atoms with Gasteiger partial charge in [-0.2, -0.15) is 0 Å². The first-order valence-corrected chi connectivity index (χ1v) is 8.57. The van der Waals surface area contributed by atoms with Gasteiger partial charge in [0, 0.05) is 5.56 Å². The van der Waals surface area contributed by atoms with Crippen LogP contribution in [-0.2, 0) is 0 Å². The van der Waals surface area contributed by atoms with Gasteiger partial charge in [0.15, 0.2) is 11.6 Å². The van der Waals surface area contributed by atoms with Crippen molar-refractivity contribution in [3.8, 4) is 5.75 Å². The molecule has 136 valence electrons. The molecule has 0 saturated heterocycles. The lowest BCUT2D eigenvalue weighted by atomic mass is 10.0. The van der Waals surface area contributed by atoms with E-state index >= 15 is 0 Å². The Morgan fingerprint density at radius 3 is 2.69 bits per heavy atom. The minimum absolute atomic E-state index is 0.109. The van der Waals surface area contributed by atoms with Gasteiger partial charge in [0.05, 0.1) is 24.2 Å². The first kappa shape index (κ1) is 17.9. The smallest absolute Gasteiger partial charge is 0.251 e. The van der Waals surface area contributed by atoms with E-state index in [0.29, 0.717) is 18.2 Å². The number of aromatic nitrogens is 2. The number of hydrogen-bond donors (Lipinski definition) is 2. The molecule has 0 radical (unpaired) electrons. The summed E-state index contributed by atoms with van der Waals surface area (Å²) in [5.41, 5.74) is 2.01. The first-order valence-electron chi connectivity index (χ1n) is 8.57. The van der Waals surface area contributed by atoms with Crippen LogP contribution in [0, 0.1) is 11.7 Å². The van der Waals surface area contributed by atoms with E-state index in [0.717, 1.165) is 11.0 Å². The summed E-state index contributed by atoms with van der Waals surface area (Å²) in [7, 11) is 1.39. The minimum atomic E-state index is -0.565. The van der Waals surface area contributed by atoms with Gasteiger partial charge in [-0.25, -0.2) is 9.37 Å².